The van der Waals surface area contributed by atoms with Crippen molar-refractivity contribution in [1.82, 2.24) is 20.5 Å². The van der Waals surface area contributed by atoms with E-state index in [9.17, 15) is 0 Å². The normalized spacial score (nSPS) is 15.4. The zero-order valence-electron chi connectivity index (χ0n) is 17.4. The molecule has 0 amide bonds. The lowest BCUT2D eigenvalue weighted by Crippen LogP contribution is -2.46. The van der Waals surface area contributed by atoms with Crippen LogP contribution in [-0.4, -0.2) is 62.2 Å². The fourth-order valence-electron chi connectivity index (χ4n) is 3.38. The first-order chi connectivity index (χ1) is 14.2. The van der Waals surface area contributed by atoms with Crippen LogP contribution in [0.1, 0.15) is 18.1 Å². The molecule has 0 unspecified atom stereocenters. The summed E-state index contributed by atoms with van der Waals surface area (Å²) in [7, 11) is 1.79. The number of benzene rings is 1. The summed E-state index contributed by atoms with van der Waals surface area (Å²) in [5, 5.41) is 7.46. The number of likely N-dealkylation sites (N-methyl/N-ethyl adjacent to an activating group) is 1. The van der Waals surface area contributed by atoms with Gasteiger partial charge in [-0.15, -0.1) is 0 Å². The van der Waals surface area contributed by atoms with Crippen LogP contribution in [0.3, 0.4) is 0 Å². The second-order valence-electron chi connectivity index (χ2n) is 7.17. The molecule has 1 aliphatic heterocycles. The number of guanidine groups is 1. The Bertz CT molecular complexity index is 767. The molecule has 1 aromatic carbocycles. The molecule has 2 aromatic rings. The average Bonchev–Trinajstić information content (AvgIpc) is 2.78. The van der Waals surface area contributed by atoms with E-state index in [0.29, 0.717) is 6.54 Å². The lowest BCUT2D eigenvalue weighted by atomic mass is 10.1. The van der Waals surface area contributed by atoms with Crippen molar-refractivity contribution in [3.63, 3.8) is 0 Å². The Morgan fingerprint density at radius 1 is 1.03 bits per heavy atom. The topological polar surface area (TPSA) is 55.8 Å². The number of hydrogen-bond acceptors (Lipinski definition) is 4. The van der Waals surface area contributed by atoms with Gasteiger partial charge in [-0.25, -0.2) is 4.98 Å². The molecule has 0 spiro atoms. The minimum atomic E-state index is 0.692. The number of pyridine rings is 1. The Balaban J connectivity index is 1.41. The zero-order chi connectivity index (χ0) is 20.5. The quantitative estimate of drug-likeness (QED) is 0.539. The number of anilines is 1. The van der Waals surface area contributed by atoms with Crippen molar-refractivity contribution in [2.75, 3.05) is 51.2 Å². The first-order valence-electron chi connectivity index (χ1n) is 10.3. The number of piperazine rings is 1. The van der Waals surface area contributed by atoms with Crippen LogP contribution in [0.2, 0.25) is 5.02 Å². The molecule has 7 heteroatoms. The third kappa shape index (κ3) is 6.61. The summed E-state index contributed by atoms with van der Waals surface area (Å²) in [5.74, 6) is 1.86. The SMILES string of the molecule is CCN1CCN(c2ccc(CNC(=NC)NCCc3ccc(Cl)cc3)cn2)CC1. The van der Waals surface area contributed by atoms with Crippen LogP contribution in [0.25, 0.3) is 0 Å². The molecule has 1 fully saturated rings. The van der Waals surface area contributed by atoms with E-state index in [1.54, 1.807) is 7.05 Å². The van der Waals surface area contributed by atoms with Gasteiger partial charge in [0.05, 0.1) is 0 Å². The van der Waals surface area contributed by atoms with Crippen molar-refractivity contribution in [1.29, 1.82) is 0 Å². The smallest absolute Gasteiger partial charge is 0.191 e. The van der Waals surface area contributed by atoms with Gasteiger partial charge in [0, 0.05) is 57.5 Å². The molecule has 2 N–H and O–H groups in total. The molecule has 1 saturated heterocycles. The van der Waals surface area contributed by atoms with Gasteiger partial charge in [0.1, 0.15) is 5.82 Å². The largest absolute Gasteiger partial charge is 0.356 e. The first kappa shape index (κ1) is 21.4. The van der Waals surface area contributed by atoms with Crippen molar-refractivity contribution >= 4 is 23.4 Å². The maximum atomic E-state index is 5.93. The van der Waals surface area contributed by atoms with Crippen molar-refractivity contribution < 1.29 is 0 Å². The van der Waals surface area contributed by atoms with Crippen molar-refractivity contribution in [2.45, 2.75) is 19.9 Å². The minimum Gasteiger partial charge on any atom is -0.356 e. The number of hydrogen-bond donors (Lipinski definition) is 2. The Morgan fingerprint density at radius 3 is 2.38 bits per heavy atom. The van der Waals surface area contributed by atoms with Gasteiger partial charge in [0.25, 0.3) is 0 Å². The zero-order valence-corrected chi connectivity index (χ0v) is 18.1. The highest BCUT2D eigenvalue weighted by Gasteiger charge is 2.16. The van der Waals surface area contributed by atoms with Crippen LogP contribution in [-0.2, 0) is 13.0 Å². The Kier molecular flexibility index (Phi) is 8.14. The summed E-state index contributed by atoms with van der Waals surface area (Å²) in [6.07, 6.45) is 2.87. The molecule has 2 heterocycles. The number of nitrogens with zero attached hydrogens (tertiary/aromatic N) is 4. The van der Waals surface area contributed by atoms with Gasteiger partial charge in [-0.05, 0) is 42.3 Å². The summed E-state index contributed by atoms with van der Waals surface area (Å²) < 4.78 is 0. The van der Waals surface area contributed by atoms with Crippen LogP contribution in [0.4, 0.5) is 5.82 Å². The van der Waals surface area contributed by atoms with Crippen LogP contribution in [0.15, 0.2) is 47.6 Å². The fraction of sp³-hybridized carbons (Fsp3) is 0.455. The van der Waals surface area contributed by atoms with Crippen LogP contribution in [0.5, 0.6) is 0 Å². The predicted octanol–water partition coefficient (Wildman–Crippen LogP) is 2.78. The number of aromatic nitrogens is 1. The maximum absolute atomic E-state index is 5.93. The Morgan fingerprint density at radius 2 is 1.76 bits per heavy atom. The molecule has 0 radical (unpaired) electrons. The summed E-state index contributed by atoms with van der Waals surface area (Å²) in [4.78, 5) is 13.8. The van der Waals surface area contributed by atoms with E-state index in [-0.39, 0.29) is 0 Å². The maximum Gasteiger partial charge on any atom is 0.191 e. The van der Waals surface area contributed by atoms with Crippen LogP contribution >= 0.6 is 11.6 Å². The highest BCUT2D eigenvalue weighted by molar-refractivity contribution is 6.30. The van der Waals surface area contributed by atoms with Crippen LogP contribution in [0, 0.1) is 0 Å². The van der Waals surface area contributed by atoms with Crippen molar-refractivity contribution in [3.8, 4) is 0 Å². The third-order valence-corrected chi connectivity index (χ3v) is 5.51. The molecule has 0 aliphatic carbocycles. The Hall–Kier alpha value is -2.31. The highest BCUT2D eigenvalue weighted by Crippen LogP contribution is 2.14. The molecule has 0 bridgehead atoms. The molecule has 3 rings (SSSR count). The highest BCUT2D eigenvalue weighted by atomic mass is 35.5. The molecule has 156 valence electrons. The van der Waals surface area contributed by atoms with Gasteiger partial charge >= 0.3 is 0 Å². The van der Waals surface area contributed by atoms with E-state index < -0.39 is 0 Å². The second kappa shape index (κ2) is 11.0. The van der Waals surface area contributed by atoms with Crippen molar-refractivity contribution in [3.05, 3.63) is 58.7 Å². The molecule has 1 aromatic heterocycles. The van der Waals surface area contributed by atoms with E-state index in [2.05, 4.69) is 61.6 Å². The second-order valence-corrected chi connectivity index (χ2v) is 7.61. The average molecular weight is 415 g/mol. The minimum absolute atomic E-state index is 0.692. The van der Waals surface area contributed by atoms with E-state index in [1.807, 2.05) is 18.3 Å². The number of aliphatic imine (C=N–C) groups is 1. The first-order valence-corrected chi connectivity index (χ1v) is 10.7. The summed E-state index contributed by atoms with van der Waals surface area (Å²) in [5.41, 5.74) is 2.39. The van der Waals surface area contributed by atoms with Gasteiger partial charge < -0.3 is 20.4 Å². The summed E-state index contributed by atoms with van der Waals surface area (Å²) >= 11 is 5.93. The number of rotatable bonds is 7. The molecule has 29 heavy (non-hydrogen) atoms. The summed E-state index contributed by atoms with van der Waals surface area (Å²) in [6, 6.07) is 12.2. The van der Waals surface area contributed by atoms with Gasteiger partial charge in [-0.2, -0.15) is 0 Å². The monoisotopic (exact) mass is 414 g/mol. The van der Waals surface area contributed by atoms with Crippen LogP contribution < -0.4 is 15.5 Å². The van der Waals surface area contributed by atoms with Crippen molar-refractivity contribution in [2.24, 2.45) is 4.99 Å². The molecular formula is C22H31ClN6. The van der Waals surface area contributed by atoms with E-state index in [0.717, 1.165) is 68.1 Å². The Labute approximate surface area is 179 Å². The molecule has 0 saturated carbocycles. The van der Waals surface area contributed by atoms with Gasteiger partial charge in [-0.3, -0.25) is 4.99 Å². The molecule has 1 aliphatic rings. The molecule has 0 atom stereocenters. The van der Waals surface area contributed by atoms with E-state index >= 15 is 0 Å². The predicted molar refractivity (Wildman–Crippen MR) is 122 cm³/mol. The summed E-state index contributed by atoms with van der Waals surface area (Å²) in [6.45, 7) is 9.15. The lowest BCUT2D eigenvalue weighted by molar-refractivity contribution is 0.270. The molecule has 6 nitrogen and oxygen atoms in total. The van der Waals surface area contributed by atoms with Gasteiger partial charge in [0.15, 0.2) is 5.96 Å². The lowest BCUT2D eigenvalue weighted by Gasteiger charge is -2.34. The van der Waals surface area contributed by atoms with Gasteiger partial charge in [0.2, 0.25) is 0 Å². The van der Waals surface area contributed by atoms with Gasteiger partial charge in [-0.1, -0.05) is 36.7 Å². The fourth-order valence-corrected chi connectivity index (χ4v) is 3.51. The van der Waals surface area contributed by atoms with E-state index in [4.69, 9.17) is 11.6 Å². The number of halogens is 1. The number of nitrogens with one attached hydrogen (secondary N) is 2. The standard InChI is InChI=1S/C22H31ClN6/c1-3-28-12-14-29(15-13-28)21-9-6-19(16-26-21)17-27-22(24-2)25-11-10-18-4-7-20(23)8-5-18/h4-9,16H,3,10-15,17H2,1-2H3,(H2,24,25,27). The molecular weight excluding hydrogens is 384 g/mol. The third-order valence-electron chi connectivity index (χ3n) is 5.26. The van der Waals surface area contributed by atoms with E-state index in [1.165, 1.54) is 5.56 Å².